The molecule has 1 saturated heterocycles. The van der Waals surface area contributed by atoms with Gasteiger partial charge < -0.3 is 49.3 Å². The second kappa shape index (κ2) is 9.40. The lowest BCUT2D eigenvalue weighted by Crippen LogP contribution is -2.39. The Morgan fingerprint density at radius 2 is 1.90 bits per heavy atom. The highest BCUT2D eigenvalue weighted by Crippen LogP contribution is 2.64. The van der Waals surface area contributed by atoms with Crippen molar-refractivity contribution in [1.29, 1.82) is 0 Å². The van der Waals surface area contributed by atoms with Crippen molar-refractivity contribution in [3.63, 3.8) is 0 Å². The Bertz CT molecular complexity index is 796. The van der Waals surface area contributed by atoms with Gasteiger partial charge in [0, 0.05) is 25.1 Å². The van der Waals surface area contributed by atoms with Gasteiger partial charge in [0.25, 0.3) is 0 Å². The summed E-state index contributed by atoms with van der Waals surface area (Å²) in [4.78, 5) is 20.8. The van der Waals surface area contributed by atoms with Gasteiger partial charge in [0.05, 0.1) is 25.7 Å². The number of aliphatic hydroxyl groups is 4. The van der Waals surface area contributed by atoms with E-state index in [1.807, 2.05) is 24.3 Å². The molecule has 0 bridgehead atoms. The van der Waals surface area contributed by atoms with Crippen LogP contribution in [0.2, 0.25) is 0 Å². The first-order chi connectivity index (χ1) is 14.5. The average molecular weight is 463 g/mol. The molecule has 1 aromatic carbocycles. The fraction of sp³-hybridized carbons (Fsp3) is 0.684. The number of hydrogen-bond acceptors (Lipinski definition) is 9. The maximum absolute atomic E-state index is 11.8. The number of aliphatic hydroxyl groups excluding tert-OH is 1. The van der Waals surface area contributed by atoms with Crippen molar-refractivity contribution in [2.75, 3.05) is 40.0 Å². The summed E-state index contributed by atoms with van der Waals surface area (Å²) in [7, 11) is -3.44. The third kappa shape index (κ3) is 5.45. The van der Waals surface area contributed by atoms with Crippen molar-refractivity contribution >= 4 is 7.60 Å². The van der Waals surface area contributed by atoms with Crippen molar-refractivity contribution in [2.24, 2.45) is 5.92 Å². The first-order valence-electron chi connectivity index (χ1n) is 10.0. The molecule has 1 saturated carbocycles. The lowest BCUT2D eigenvalue weighted by Gasteiger charge is -2.31. The second-order valence-corrected chi connectivity index (χ2v) is 9.89. The van der Waals surface area contributed by atoms with Crippen molar-refractivity contribution in [3.8, 4) is 5.75 Å². The molecule has 0 radical (unpaired) electrons. The summed E-state index contributed by atoms with van der Waals surface area (Å²) < 4.78 is 28.4. The maximum Gasteiger partial charge on any atom is 0.357 e. The van der Waals surface area contributed by atoms with E-state index in [1.165, 1.54) is 0 Å². The molecule has 1 aromatic rings. The van der Waals surface area contributed by atoms with E-state index in [1.54, 1.807) is 11.9 Å². The largest absolute Gasteiger partial charge is 0.494 e. The summed E-state index contributed by atoms with van der Waals surface area (Å²) in [6.45, 7) is 2.06. The fourth-order valence-corrected chi connectivity index (χ4v) is 4.80. The lowest BCUT2D eigenvalue weighted by molar-refractivity contribution is -0.121. The molecule has 12 heteroatoms. The monoisotopic (exact) mass is 463 g/mol. The summed E-state index contributed by atoms with van der Waals surface area (Å²) in [5.74, 6) is -3.79. The molecule has 3 atom stereocenters. The summed E-state index contributed by atoms with van der Waals surface area (Å²) in [5, 5.41) is 36.4. The Morgan fingerprint density at radius 3 is 2.48 bits per heavy atom. The SMILES string of the molecule is CN(CCCOc1cccc(C2OCCO2)c1)CCC(O)(C1C(O)C1(O)O)P(=O)(O)O. The first-order valence-corrected chi connectivity index (χ1v) is 11.6. The van der Waals surface area contributed by atoms with E-state index in [0.29, 0.717) is 38.5 Å². The molecule has 1 heterocycles. The molecule has 176 valence electrons. The number of nitrogens with zero attached hydrogens (tertiary/aromatic N) is 1. The highest BCUT2D eigenvalue weighted by molar-refractivity contribution is 7.53. The van der Waals surface area contributed by atoms with Crippen LogP contribution in [0.15, 0.2) is 24.3 Å². The summed E-state index contributed by atoms with van der Waals surface area (Å²) in [5.41, 5.74) is 0.870. The van der Waals surface area contributed by atoms with Gasteiger partial charge in [0.15, 0.2) is 17.4 Å². The zero-order valence-corrected chi connectivity index (χ0v) is 18.1. The topological polar surface area (TPSA) is 169 Å². The summed E-state index contributed by atoms with van der Waals surface area (Å²) in [6.07, 6.45) is -2.05. The van der Waals surface area contributed by atoms with E-state index in [2.05, 4.69) is 0 Å². The van der Waals surface area contributed by atoms with E-state index in [0.717, 1.165) is 5.56 Å². The summed E-state index contributed by atoms with van der Waals surface area (Å²) in [6, 6.07) is 7.40. The molecular formula is C19H30NO10P. The molecule has 6 N–H and O–H groups in total. The molecule has 2 fully saturated rings. The van der Waals surface area contributed by atoms with Crippen molar-refractivity contribution in [1.82, 2.24) is 4.90 Å². The van der Waals surface area contributed by atoms with Crippen molar-refractivity contribution in [2.45, 2.75) is 36.4 Å². The van der Waals surface area contributed by atoms with E-state index >= 15 is 0 Å². The normalized spacial score (nSPS) is 25.5. The summed E-state index contributed by atoms with van der Waals surface area (Å²) >= 11 is 0. The van der Waals surface area contributed by atoms with Gasteiger partial charge in [-0.1, -0.05) is 12.1 Å². The zero-order valence-electron chi connectivity index (χ0n) is 17.2. The van der Waals surface area contributed by atoms with Crippen molar-refractivity contribution < 1.29 is 49.0 Å². The van der Waals surface area contributed by atoms with Crippen molar-refractivity contribution in [3.05, 3.63) is 29.8 Å². The Morgan fingerprint density at radius 1 is 1.26 bits per heavy atom. The minimum Gasteiger partial charge on any atom is -0.494 e. The molecular weight excluding hydrogens is 433 g/mol. The molecule has 0 amide bonds. The van der Waals surface area contributed by atoms with Gasteiger partial charge in [0.1, 0.15) is 11.9 Å². The van der Waals surface area contributed by atoms with Crippen LogP contribution < -0.4 is 4.74 Å². The van der Waals surface area contributed by atoms with Gasteiger partial charge in [-0.3, -0.25) is 4.57 Å². The maximum atomic E-state index is 11.8. The first kappa shape index (κ1) is 24.5. The standard InChI is InChI=1S/C19H30NO10P/c1-20(8-6-18(22,31(25,26)27)15-16(21)19(15,23)24)7-3-9-28-14-5-2-4-13(12-14)17-29-10-11-30-17/h2,4-5,12,15-17,21-24H,3,6-11H2,1H3,(H2,25,26,27). The molecule has 11 nitrogen and oxygen atoms in total. The highest BCUT2D eigenvalue weighted by atomic mass is 31.2. The molecule has 1 aliphatic carbocycles. The van der Waals surface area contributed by atoms with E-state index < -0.39 is 37.2 Å². The fourth-order valence-electron chi connectivity index (χ4n) is 3.71. The van der Waals surface area contributed by atoms with Crippen LogP contribution in [0.25, 0.3) is 0 Å². The van der Waals surface area contributed by atoms with Crippen LogP contribution in [0.3, 0.4) is 0 Å². The van der Waals surface area contributed by atoms with Gasteiger partial charge >= 0.3 is 7.60 Å². The Labute approximate surface area is 179 Å². The Balaban J connectivity index is 1.43. The van der Waals surface area contributed by atoms with Crippen LogP contribution >= 0.6 is 7.60 Å². The molecule has 1 aliphatic heterocycles. The number of ether oxygens (including phenoxy) is 3. The van der Waals surface area contributed by atoms with Gasteiger partial charge in [-0.25, -0.2) is 0 Å². The predicted molar refractivity (Wildman–Crippen MR) is 107 cm³/mol. The van der Waals surface area contributed by atoms with Crippen LogP contribution in [0, 0.1) is 5.92 Å². The van der Waals surface area contributed by atoms with Crippen LogP contribution in [-0.4, -0.2) is 92.3 Å². The molecule has 31 heavy (non-hydrogen) atoms. The molecule has 0 spiro atoms. The van der Waals surface area contributed by atoms with Crippen LogP contribution in [0.4, 0.5) is 0 Å². The highest BCUT2D eigenvalue weighted by Gasteiger charge is 2.76. The van der Waals surface area contributed by atoms with Gasteiger partial charge in [0.2, 0.25) is 0 Å². The smallest absolute Gasteiger partial charge is 0.357 e. The van der Waals surface area contributed by atoms with Crippen LogP contribution in [0.5, 0.6) is 5.75 Å². The number of benzene rings is 1. The predicted octanol–water partition coefficient (Wildman–Crippen LogP) is -0.639. The molecule has 0 aromatic heterocycles. The Hall–Kier alpha value is -1.11. The van der Waals surface area contributed by atoms with E-state index in [-0.39, 0.29) is 12.8 Å². The molecule has 3 rings (SSSR count). The minimum absolute atomic E-state index is 0.0623. The van der Waals surface area contributed by atoms with Gasteiger partial charge in [-0.15, -0.1) is 0 Å². The minimum atomic E-state index is -5.14. The third-order valence-corrected chi connectivity index (χ3v) is 7.18. The average Bonchev–Trinajstić information content (AvgIpc) is 3.07. The van der Waals surface area contributed by atoms with E-state index in [9.17, 15) is 34.8 Å². The van der Waals surface area contributed by atoms with Gasteiger partial charge in [-0.2, -0.15) is 0 Å². The van der Waals surface area contributed by atoms with Gasteiger partial charge in [-0.05, 0) is 25.6 Å². The lowest BCUT2D eigenvalue weighted by atomic mass is 10.1. The molecule has 3 unspecified atom stereocenters. The van der Waals surface area contributed by atoms with Crippen LogP contribution in [-0.2, 0) is 14.0 Å². The number of rotatable bonds is 11. The molecule has 2 aliphatic rings. The van der Waals surface area contributed by atoms with Crippen LogP contribution in [0.1, 0.15) is 24.7 Å². The van der Waals surface area contributed by atoms with E-state index in [4.69, 9.17) is 14.2 Å². The number of hydrogen-bond donors (Lipinski definition) is 6. The third-order valence-electron chi connectivity index (χ3n) is 5.67. The Kier molecular flexibility index (Phi) is 7.44. The zero-order chi connectivity index (χ0) is 22.9. The quantitative estimate of drug-likeness (QED) is 0.140. The second-order valence-electron chi connectivity index (χ2n) is 8.03.